The largest absolute Gasteiger partial charge is 0.393 e. The van der Waals surface area contributed by atoms with Crippen LogP contribution in [0, 0.1) is 46.3 Å². The topological polar surface area (TPSA) is 110 Å². The van der Waals surface area contributed by atoms with Crippen LogP contribution in [-0.2, 0) is 4.79 Å². The molecule has 9 unspecified atom stereocenters. The van der Waals surface area contributed by atoms with Crippen molar-refractivity contribution in [3.63, 3.8) is 0 Å². The van der Waals surface area contributed by atoms with Crippen LogP contribution in [0.3, 0.4) is 0 Å². The van der Waals surface area contributed by atoms with Gasteiger partial charge in [0.15, 0.2) is 0 Å². The molecular formula is C30H64IN2O3PS2. The molecule has 0 aromatic rings. The Morgan fingerprint density at radius 2 is 1.56 bits per heavy atom. The first-order valence-corrected chi connectivity index (χ1v) is 20.3. The molecule has 6 N–H and O–H groups in total. The standard InChI is InChI=1S/C25H44O2S.2C2H6.CH3NO.HIS.H4NP/c1-17(8-5-7-15-28-27)19-10-11-20-23-21(12-14-25(19,20)3)24(2)13-6-4-9-18(24)16-22(23)26;2*1-2;2-1-3;2*1-2/h17-23,26-27H,4-16H2,1-3H3;2*1-2H3;1H,(H2,2,3);2H;1-2H2/t17-,18?,19?,20?,21?,22?,23?,24?,25?;;;;;/m0...../s1. The highest BCUT2D eigenvalue weighted by molar-refractivity contribution is 14.2. The molecule has 1 amide bonds. The third-order valence-electron chi connectivity index (χ3n) is 10.5. The summed E-state index contributed by atoms with van der Waals surface area (Å²) in [6, 6.07) is 0. The first kappa shape index (κ1) is 42.3. The van der Waals surface area contributed by atoms with E-state index in [1.807, 2.05) is 58.3 Å². The Kier molecular flexibility index (Phi) is 25.7. The molecule has 39 heavy (non-hydrogen) atoms. The number of amides is 1. The number of primary amides is 1. The Morgan fingerprint density at radius 3 is 2.13 bits per heavy atom. The Balaban J connectivity index is 0. The van der Waals surface area contributed by atoms with Gasteiger partial charge in [-0.1, -0.05) is 83.5 Å². The lowest BCUT2D eigenvalue weighted by atomic mass is 9.44. The van der Waals surface area contributed by atoms with E-state index in [2.05, 4.69) is 41.8 Å². The SMILES string of the molecule is CC.CC.C[C@@H](CCCCSO)C1CCC2C3C(O)CC4CCCCC4(C)C3CCC21C.NC=O.NP.SI. The summed E-state index contributed by atoms with van der Waals surface area (Å²) in [5, 5.41) is 11.3. The molecule has 4 aliphatic carbocycles. The van der Waals surface area contributed by atoms with Crippen LogP contribution in [0.25, 0.3) is 0 Å². The number of nitrogens with two attached hydrogens (primary N) is 2. The lowest BCUT2D eigenvalue weighted by Crippen LogP contribution is -2.57. The summed E-state index contributed by atoms with van der Waals surface area (Å²) < 4.78 is 8.97. The van der Waals surface area contributed by atoms with E-state index >= 15 is 0 Å². The van der Waals surface area contributed by atoms with Gasteiger partial charge < -0.3 is 20.9 Å². The van der Waals surface area contributed by atoms with Crippen molar-refractivity contribution in [1.29, 1.82) is 0 Å². The van der Waals surface area contributed by atoms with E-state index in [1.54, 1.807) is 0 Å². The molecule has 5 nitrogen and oxygen atoms in total. The number of aliphatic hydroxyl groups excluding tert-OH is 1. The number of halogens is 1. The van der Waals surface area contributed by atoms with Crippen LogP contribution < -0.4 is 11.2 Å². The maximum Gasteiger partial charge on any atom is 0.204 e. The molecule has 0 aromatic carbocycles. The van der Waals surface area contributed by atoms with Crippen molar-refractivity contribution in [2.24, 2.45) is 57.6 Å². The molecule has 4 saturated carbocycles. The van der Waals surface area contributed by atoms with Gasteiger partial charge in [0.1, 0.15) is 0 Å². The highest BCUT2D eigenvalue weighted by Gasteiger charge is 2.62. The molecule has 0 bridgehead atoms. The van der Waals surface area contributed by atoms with Gasteiger partial charge in [-0.3, -0.25) is 4.79 Å². The number of unbranched alkanes of at least 4 members (excludes halogenated alkanes) is 1. The van der Waals surface area contributed by atoms with Crippen LogP contribution in [0.5, 0.6) is 0 Å². The van der Waals surface area contributed by atoms with Crippen molar-refractivity contribution in [2.75, 3.05) is 5.75 Å². The summed E-state index contributed by atoms with van der Waals surface area (Å²) in [6.45, 7) is 15.7. The smallest absolute Gasteiger partial charge is 0.204 e. The molecule has 0 saturated heterocycles. The molecule has 0 aliphatic heterocycles. The van der Waals surface area contributed by atoms with Crippen LogP contribution in [0.4, 0.5) is 0 Å². The molecule has 4 rings (SSSR count). The Bertz CT molecular complexity index is 613. The zero-order chi connectivity index (χ0) is 30.6. The van der Waals surface area contributed by atoms with Gasteiger partial charge >= 0.3 is 0 Å². The number of rotatable bonds is 6. The summed E-state index contributed by atoms with van der Waals surface area (Å²) in [4.78, 5) is 8.58. The fourth-order valence-electron chi connectivity index (χ4n) is 9.06. The van der Waals surface area contributed by atoms with Crippen LogP contribution >= 0.6 is 52.4 Å². The van der Waals surface area contributed by atoms with Crippen molar-refractivity contribution in [2.45, 2.75) is 132 Å². The van der Waals surface area contributed by atoms with Gasteiger partial charge in [-0.2, -0.15) is 0 Å². The van der Waals surface area contributed by atoms with Crippen molar-refractivity contribution in [3.05, 3.63) is 0 Å². The van der Waals surface area contributed by atoms with E-state index < -0.39 is 0 Å². The number of aliphatic hydroxyl groups is 1. The normalized spacial score (nSPS) is 36.2. The van der Waals surface area contributed by atoms with E-state index in [9.17, 15) is 5.11 Å². The summed E-state index contributed by atoms with van der Waals surface area (Å²) in [7, 11) is 5.41. The van der Waals surface area contributed by atoms with E-state index in [1.165, 1.54) is 64.2 Å². The summed E-state index contributed by atoms with van der Waals surface area (Å²) >= 11 is 2.84. The Labute approximate surface area is 266 Å². The maximum absolute atomic E-state index is 11.3. The average molecular weight is 723 g/mol. The average Bonchev–Trinajstić information content (AvgIpc) is 3.33. The highest BCUT2D eigenvalue weighted by atomic mass is 127. The van der Waals surface area contributed by atoms with Gasteiger partial charge in [-0.25, -0.2) is 0 Å². The summed E-state index contributed by atoms with van der Waals surface area (Å²) in [5.41, 5.74) is 9.54. The van der Waals surface area contributed by atoms with Crippen LogP contribution in [0.15, 0.2) is 0 Å². The minimum atomic E-state index is -0.0403. The van der Waals surface area contributed by atoms with Gasteiger partial charge in [-0.15, -0.1) is 9.80 Å². The van der Waals surface area contributed by atoms with Gasteiger partial charge in [0.25, 0.3) is 0 Å². The number of thiol groups is 1. The molecule has 0 radical (unpaired) electrons. The molecule has 4 aliphatic rings. The molecule has 4 fully saturated rings. The molecule has 10 atom stereocenters. The molecule has 0 heterocycles. The Morgan fingerprint density at radius 1 is 1.00 bits per heavy atom. The van der Waals surface area contributed by atoms with Gasteiger partial charge in [0.2, 0.25) is 6.41 Å². The third-order valence-corrected chi connectivity index (χ3v) is 11.0. The third kappa shape index (κ3) is 11.0. The zero-order valence-corrected chi connectivity index (χ0v) is 31.1. The van der Waals surface area contributed by atoms with Gasteiger partial charge in [0, 0.05) is 5.75 Å². The molecule has 9 heteroatoms. The summed E-state index contributed by atoms with van der Waals surface area (Å²) in [5.74, 6) is 5.38. The molecular weight excluding hydrogens is 658 g/mol. The second-order valence-electron chi connectivity index (χ2n) is 11.7. The van der Waals surface area contributed by atoms with Gasteiger partial charge in [-0.05, 0) is 131 Å². The van der Waals surface area contributed by atoms with Crippen molar-refractivity contribution in [3.8, 4) is 0 Å². The second-order valence-corrected chi connectivity index (χ2v) is 12.4. The molecule has 0 spiro atoms. The van der Waals surface area contributed by atoms with Crippen molar-refractivity contribution in [1.82, 2.24) is 0 Å². The Hall–Kier alpha value is 1.21. The number of fused-ring (bicyclic) bond motifs is 5. The first-order valence-electron chi connectivity index (χ1n) is 15.4. The van der Waals surface area contributed by atoms with Crippen molar-refractivity contribution >= 4 is 58.8 Å². The van der Waals surface area contributed by atoms with Gasteiger partial charge in [0.05, 0.1) is 6.10 Å². The lowest BCUT2D eigenvalue weighted by molar-refractivity contribution is -0.164. The fraction of sp³-hybridized carbons (Fsp3) is 0.967. The molecule has 236 valence electrons. The number of carbonyl (C=O) groups is 1. The monoisotopic (exact) mass is 722 g/mol. The highest BCUT2D eigenvalue weighted by Crippen LogP contribution is 2.68. The predicted molar refractivity (Wildman–Crippen MR) is 189 cm³/mol. The number of hydrogen-bond donors (Lipinski definition) is 5. The number of hydrogen-bond acceptors (Lipinski definition) is 6. The van der Waals surface area contributed by atoms with Crippen LogP contribution in [0.2, 0.25) is 0 Å². The van der Waals surface area contributed by atoms with E-state index in [-0.39, 0.29) is 12.5 Å². The maximum atomic E-state index is 11.3. The summed E-state index contributed by atoms with van der Waals surface area (Å²) in [6.07, 6.45) is 16.1. The van der Waals surface area contributed by atoms with E-state index in [0.717, 1.165) is 60.2 Å². The van der Waals surface area contributed by atoms with Crippen molar-refractivity contribution < 1.29 is 14.5 Å². The minimum Gasteiger partial charge on any atom is -0.393 e. The zero-order valence-electron chi connectivity index (χ0n) is 26.1. The van der Waals surface area contributed by atoms with Crippen LogP contribution in [0.1, 0.15) is 126 Å². The number of carbonyl (C=O) groups excluding carboxylic acids is 1. The van der Waals surface area contributed by atoms with Crippen LogP contribution in [-0.4, -0.2) is 27.9 Å². The van der Waals surface area contributed by atoms with E-state index in [0.29, 0.717) is 16.7 Å². The fourth-order valence-corrected chi connectivity index (χ4v) is 9.40. The quantitative estimate of drug-likeness (QED) is 0.0469. The lowest BCUT2D eigenvalue weighted by Gasteiger charge is -2.62. The first-order chi connectivity index (χ1) is 18.8. The predicted octanol–water partition coefficient (Wildman–Crippen LogP) is 9.17. The minimum absolute atomic E-state index is 0.0403. The van der Waals surface area contributed by atoms with E-state index in [4.69, 9.17) is 9.35 Å². The molecule has 0 aromatic heterocycles. The second kappa shape index (κ2) is 23.6.